The highest BCUT2D eigenvalue weighted by Gasteiger charge is 2.48. The van der Waals surface area contributed by atoms with Crippen molar-refractivity contribution in [3.63, 3.8) is 0 Å². The van der Waals surface area contributed by atoms with Crippen LogP contribution in [0.2, 0.25) is 0 Å². The van der Waals surface area contributed by atoms with Gasteiger partial charge in [-0.25, -0.2) is 0 Å². The van der Waals surface area contributed by atoms with Gasteiger partial charge in [0.05, 0.1) is 6.61 Å². The molecule has 4 rings (SSSR count). The first-order chi connectivity index (χ1) is 10.7. The van der Waals surface area contributed by atoms with E-state index in [-0.39, 0.29) is 0 Å². The van der Waals surface area contributed by atoms with Gasteiger partial charge in [0, 0.05) is 25.4 Å². The monoisotopic (exact) mass is 298 g/mol. The molecule has 1 aromatic rings. The molecule has 0 aliphatic heterocycles. The summed E-state index contributed by atoms with van der Waals surface area (Å²) in [4.78, 5) is 12.2. The molecule has 0 bridgehead atoms. The van der Waals surface area contributed by atoms with Crippen LogP contribution in [0, 0.1) is 24.7 Å². The number of carbonyl (C=O) groups is 1. The maximum Gasteiger partial charge on any atom is 0.136 e. The van der Waals surface area contributed by atoms with E-state index >= 15 is 0 Å². The predicted octanol–water partition coefficient (Wildman–Crippen LogP) is 4.22. The van der Waals surface area contributed by atoms with Gasteiger partial charge in [0.15, 0.2) is 0 Å². The number of ether oxygens (including phenoxy) is 1. The van der Waals surface area contributed by atoms with Gasteiger partial charge < -0.3 is 4.74 Å². The van der Waals surface area contributed by atoms with Gasteiger partial charge in [-0.2, -0.15) is 0 Å². The topological polar surface area (TPSA) is 26.3 Å². The Morgan fingerprint density at radius 1 is 1.09 bits per heavy atom. The number of Topliss-reactive ketones (excluding diaryl/α,β-unsaturated/α-hetero) is 1. The summed E-state index contributed by atoms with van der Waals surface area (Å²) < 4.78 is 5.52. The average Bonchev–Trinajstić information content (AvgIpc) is 2.89. The molecule has 22 heavy (non-hydrogen) atoms. The van der Waals surface area contributed by atoms with Crippen molar-refractivity contribution in [2.75, 3.05) is 13.7 Å². The molecule has 0 amide bonds. The Labute approximate surface area is 133 Å². The minimum absolute atomic E-state index is 0.372. The van der Waals surface area contributed by atoms with E-state index in [1.54, 1.807) is 5.56 Å². The Balaban J connectivity index is 1.73. The van der Waals surface area contributed by atoms with Gasteiger partial charge in [0.1, 0.15) is 5.78 Å². The normalized spacial score (nSPS) is 36.6. The summed E-state index contributed by atoms with van der Waals surface area (Å²) in [5.74, 6) is 3.44. The Bertz CT molecular complexity index is 591. The second kappa shape index (κ2) is 5.49. The lowest BCUT2D eigenvalue weighted by Crippen LogP contribution is -2.37. The lowest BCUT2D eigenvalue weighted by Gasteiger charge is -2.46. The second-order valence-corrected chi connectivity index (χ2v) is 7.64. The molecule has 118 valence electrons. The smallest absolute Gasteiger partial charge is 0.136 e. The second-order valence-electron chi connectivity index (χ2n) is 7.64. The number of methoxy groups -OCH3 is 1. The number of hydrogen-bond acceptors (Lipinski definition) is 2. The first-order valence-electron chi connectivity index (χ1n) is 8.81. The molecule has 0 spiro atoms. The zero-order chi connectivity index (χ0) is 15.3. The van der Waals surface area contributed by atoms with Crippen LogP contribution in [-0.2, 0) is 9.53 Å². The summed E-state index contributed by atoms with van der Waals surface area (Å²) in [6.45, 7) is 2.99. The van der Waals surface area contributed by atoms with Gasteiger partial charge in [-0.3, -0.25) is 4.79 Å². The summed E-state index contributed by atoms with van der Waals surface area (Å²) in [5.41, 5.74) is 4.43. The third-order valence-corrected chi connectivity index (χ3v) is 6.52. The number of fused-ring (bicyclic) bond motifs is 5. The molecule has 1 unspecified atom stereocenters. The molecule has 5 atom stereocenters. The van der Waals surface area contributed by atoms with E-state index in [2.05, 4.69) is 25.1 Å². The molecule has 2 heteroatoms. The van der Waals surface area contributed by atoms with E-state index in [1.165, 1.54) is 24.0 Å². The van der Waals surface area contributed by atoms with Crippen molar-refractivity contribution in [1.29, 1.82) is 0 Å². The molecule has 0 aromatic heterocycles. The first-order valence-corrected chi connectivity index (χ1v) is 8.81. The van der Waals surface area contributed by atoms with Crippen molar-refractivity contribution in [3.8, 4) is 0 Å². The van der Waals surface area contributed by atoms with Gasteiger partial charge in [-0.15, -0.1) is 0 Å². The van der Waals surface area contributed by atoms with Crippen LogP contribution >= 0.6 is 0 Å². The Hall–Kier alpha value is -1.15. The molecule has 3 aliphatic carbocycles. The minimum atomic E-state index is 0.372. The fourth-order valence-electron chi connectivity index (χ4n) is 5.62. The summed E-state index contributed by atoms with van der Waals surface area (Å²) in [5, 5.41) is 0. The molecule has 0 heterocycles. The largest absolute Gasteiger partial charge is 0.384 e. The predicted molar refractivity (Wildman–Crippen MR) is 87.1 cm³/mol. The van der Waals surface area contributed by atoms with Gasteiger partial charge in [0.2, 0.25) is 0 Å². The van der Waals surface area contributed by atoms with Gasteiger partial charge >= 0.3 is 0 Å². The van der Waals surface area contributed by atoms with Crippen molar-refractivity contribution in [3.05, 3.63) is 34.9 Å². The summed E-state index contributed by atoms with van der Waals surface area (Å²) in [7, 11) is 1.81. The SMILES string of the molecule is COC[C@@H]1C[C@@H]2[C@H](CCC3C(=O)CC[C@H]32)c2ccc(C)cc21. The van der Waals surface area contributed by atoms with Crippen molar-refractivity contribution in [2.45, 2.75) is 50.9 Å². The number of ketones is 1. The molecule has 2 fully saturated rings. The van der Waals surface area contributed by atoms with E-state index in [0.29, 0.717) is 35.4 Å². The number of rotatable bonds is 2. The average molecular weight is 298 g/mol. The zero-order valence-electron chi connectivity index (χ0n) is 13.7. The molecule has 0 saturated heterocycles. The standard InChI is InChI=1S/C20H26O2/c1-12-3-4-14-15-5-6-17-16(7-8-20(17)21)19(15)10-13(11-22-2)18(14)9-12/h3-4,9,13,15-17,19H,5-8,10-11H2,1-2H3/t13-,15+,16+,17?,19+/m0/s1. The molecule has 1 aromatic carbocycles. The molecular weight excluding hydrogens is 272 g/mol. The molecule has 0 radical (unpaired) electrons. The fraction of sp³-hybridized carbons (Fsp3) is 0.650. The third-order valence-electron chi connectivity index (χ3n) is 6.52. The summed E-state index contributed by atoms with van der Waals surface area (Å²) in [6, 6.07) is 7.00. The van der Waals surface area contributed by atoms with E-state index in [1.807, 2.05) is 7.11 Å². The van der Waals surface area contributed by atoms with Gasteiger partial charge in [0.25, 0.3) is 0 Å². The van der Waals surface area contributed by atoms with Crippen LogP contribution < -0.4 is 0 Å². The van der Waals surface area contributed by atoms with Crippen LogP contribution in [0.25, 0.3) is 0 Å². The summed E-state index contributed by atoms with van der Waals surface area (Å²) >= 11 is 0. The lowest BCUT2D eigenvalue weighted by atomic mass is 9.58. The lowest BCUT2D eigenvalue weighted by molar-refractivity contribution is -0.122. The number of hydrogen-bond donors (Lipinski definition) is 0. The van der Waals surface area contributed by atoms with Gasteiger partial charge in [-0.1, -0.05) is 23.8 Å². The molecule has 0 N–H and O–H groups in total. The number of carbonyl (C=O) groups excluding carboxylic acids is 1. The summed E-state index contributed by atoms with van der Waals surface area (Å²) in [6.07, 6.45) is 5.49. The van der Waals surface area contributed by atoms with Crippen LogP contribution in [0.3, 0.4) is 0 Å². The highest BCUT2D eigenvalue weighted by Crippen LogP contribution is 2.56. The highest BCUT2D eigenvalue weighted by atomic mass is 16.5. The van der Waals surface area contributed by atoms with Gasteiger partial charge in [-0.05, 0) is 61.5 Å². The zero-order valence-corrected chi connectivity index (χ0v) is 13.7. The fourth-order valence-corrected chi connectivity index (χ4v) is 5.62. The van der Waals surface area contributed by atoms with E-state index < -0.39 is 0 Å². The van der Waals surface area contributed by atoms with Crippen LogP contribution in [-0.4, -0.2) is 19.5 Å². The number of benzene rings is 1. The minimum Gasteiger partial charge on any atom is -0.384 e. The third kappa shape index (κ3) is 2.15. The van der Waals surface area contributed by atoms with E-state index in [9.17, 15) is 4.79 Å². The maximum absolute atomic E-state index is 12.2. The van der Waals surface area contributed by atoms with Crippen molar-refractivity contribution in [2.24, 2.45) is 17.8 Å². The van der Waals surface area contributed by atoms with Crippen molar-refractivity contribution < 1.29 is 9.53 Å². The maximum atomic E-state index is 12.2. The Morgan fingerprint density at radius 2 is 1.91 bits per heavy atom. The molecular formula is C20H26O2. The van der Waals surface area contributed by atoms with Crippen LogP contribution in [0.4, 0.5) is 0 Å². The quantitative estimate of drug-likeness (QED) is 0.817. The highest BCUT2D eigenvalue weighted by molar-refractivity contribution is 5.83. The Kier molecular flexibility index (Phi) is 3.60. The Morgan fingerprint density at radius 3 is 2.73 bits per heavy atom. The molecule has 3 aliphatic rings. The van der Waals surface area contributed by atoms with Crippen molar-refractivity contribution >= 4 is 5.78 Å². The van der Waals surface area contributed by atoms with Crippen LogP contribution in [0.15, 0.2) is 18.2 Å². The number of aryl methyl sites for hydroxylation is 1. The van der Waals surface area contributed by atoms with Crippen LogP contribution in [0.1, 0.15) is 60.6 Å². The first kappa shape index (κ1) is 14.4. The molecule has 2 saturated carbocycles. The van der Waals surface area contributed by atoms with Crippen molar-refractivity contribution in [1.82, 2.24) is 0 Å². The van der Waals surface area contributed by atoms with E-state index in [4.69, 9.17) is 4.74 Å². The van der Waals surface area contributed by atoms with E-state index in [0.717, 1.165) is 25.9 Å². The molecule has 2 nitrogen and oxygen atoms in total. The van der Waals surface area contributed by atoms with Crippen LogP contribution in [0.5, 0.6) is 0 Å².